The summed E-state index contributed by atoms with van der Waals surface area (Å²) in [5, 5.41) is 5.45. The van der Waals surface area contributed by atoms with Crippen LogP contribution in [0.15, 0.2) is 30.3 Å². The van der Waals surface area contributed by atoms with E-state index in [1.807, 2.05) is 30.3 Å². The van der Waals surface area contributed by atoms with Gasteiger partial charge < -0.3 is 10.6 Å². The molecule has 0 bridgehead atoms. The lowest BCUT2D eigenvalue weighted by molar-refractivity contribution is -0.137. The Hall–Kier alpha value is -1.49. The molecule has 90 valence electrons. The van der Waals surface area contributed by atoms with E-state index in [9.17, 15) is 9.59 Å². The Morgan fingerprint density at radius 1 is 1.06 bits per heavy atom. The third-order valence-corrected chi connectivity index (χ3v) is 2.99. The van der Waals surface area contributed by atoms with E-state index in [0.29, 0.717) is 12.2 Å². The lowest BCUT2D eigenvalue weighted by atomic mass is 10.0. The number of hydrogen-bond donors (Lipinski definition) is 3. The summed E-state index contributed by atoms with van der Waals surface area (Å²) in [6, 6.07) is 8.16. The molecular weight excluding hydrogens is 236 g/mol. The quantitative estimate of drug-likeness (QED) is 0.690. The van der Waals surface area contributed by atoms with E-state index in [0.717, 1.165) is 5.56 Å². The maximum atomic E-state index is 11.9. The molecule has 0 radical (unpaired) electrons. The summed E-state index contributed by atoms with van der Waals surface area (Å²) >= 11 is 4.06. The molecule has 1 aromatic carbocycles. The molecule has 17 heavy (non-hydrogen) atoms. The molecule has 0 spiro atoms. The molecule has 4 nitrogen and oxygen atoms in total. The largest absolute Gasteiger partial charge is 0.342 e. The summed E-state index contributed by atoms with van der Waals surface area (Å²) in [4.78, 5) is 23.6. The maximum Gasteiger partial charge on any atom is 0.247 e. The number of hydrogen-bond acceptors (Lipinski definition) is 3. The van der Waals surface area contributed by atoms with Gasteiger partial charge in [-0.3, -0.25) is 9.59 Å². The molecule has 1 aromatic rings. The van der Waals surface area contributed by atoms with Gasteiger partial charge in [0, 0.05) is 0 Å². The van der Waals surface area contributed by atoms with Crippen molar-refractivity contribution in [1.29, 1.82) is 0 Å². The van der Waals surface area contributed by atoms with Gasteiger partial charge in [0.05, 0.1) is 0 Å². The Morgan fingerprint density at radius 3 is 2.41 bits per heavy atom. The Morgan fingerprint density at radius 2 is 1.76 bits per heavy atom. The third kappa shape index (κ3) is 2.61. The number of benzene rings is 1. The van der Waals surface area contributed by atoms with Crippen molar-refractivity contribution < 1.29 is 9.59 Å². The predicted molar refractivity (Wildman–Crippen MR) is 67.7 cm³/mol. The first-order chi connectivity index (χ1) is 8.22. The molecule has 1 saturated heterocycles. The first-order valence-electron chi connectivity index (χ1n) is 5.49. The van der Waals surface area contributed by atoms with Crippen LogP contribution in [-0.4, -0.2) is 23.6 Å². The Bertz CT molecular complexity index is 422. The fourth-order valence-corrected chi connectivity index (χ4v) is 2.10. The van der Waals surface area contributed by atoms with Crippen molar-refractivity contribution in [1.82, 2.24) is 10.6 Å². The summed E-state index contributed by atoms with van der Waals surface area (Å²) in [5.74, 6) is 0.254. The zero-order valence-corrected chi connectivity index (χ0v) is 10.1. The van der Waals surface area contributed by atoms with Crippen LogP contribution in [0.1, 0.15) is 18.0 Å². The van der Waals surface area contributed by atoms with Crippen molar-refractivity contribution in [3.63, 3.8) is 0 Å². The summed E-state index contributed by atoms with van der Waals surface area (Å²) in [6.45, 7) is 0. The van der Waals surface area contributed by atoms with Gasteiger partial charge in [0.2, 0.25) is 11.8 Å². The zero-order valence-electron chi connectivity index (χ0n) is 9.22. The van der Waals surface area contributed by atoms with Gasteiger partial charge in [0.15, 0.2) is 0 Å². The number of thiol groups is 1. The van der Waals surface area contributed by atoms with Gasteiger partial charge in [-0.15, -0.1) is 0 Å². The number of rotatable bonds is 3. The van der Waals surface area contributed by atoms with Crippen molar-refractivity contribution in [2.75, 3.05) is 5.75 Å². The second kappa shape index (κ2) is 5.23. The van der Waals surface area contributed by atoms with E-state index in [1.54, 1.807) is 0 Å². The van der Waals surface area contributed by atoms with Gasteiger partial charge in [-0.1, -0.05) is 30.3 Å². The summed E-state index contributed by atoms with van der Waals surface area (Å²) in [7, 11) is 0. The van der Waals surface area contributed by atoms with Crippen molar-refractivity contribution >= 4 is 24.4 Å². The number of piperazine rings is 1. The van der Waals surface area contributed by atoms with Crippen molar-refractivity contribution in [3.8, 4) is 0 Å². The van der Waals surface area contributed by atoms with Crippen LogP contribution in [0.2, 0.25) is 0 Å². The summed E-state index contributed by atoms with van der Waals surface area (Å²) in [6.07, 6.45) is 0.544. The highest BCUT2D eigenvalue weighted by atomic mass is 32.1. The molecule has 1 aliphatic heterocycles. The summed E-state index contributed by atoms with van der Waals surface area (Å²) < 4.78 is 0. The van der Waals surface area contributed by atoms with Crippen LogP contribution in [0.5, 0.6) is 0 Å². The molecule has 0 unspecified atom stereocenters. The monoisotopic (exact) mass is 250 g/mol. The highest BCUT2D eigenvalue weighted by Gasteiger charge is 2.33. The van der Waals surface area contributed by atoms with Crippen LogP contribution < -0.4 is 10.6 Å². The van der Waals surface area contributed by atoms with Crippen LogP contribution in [0, 0.1) is 0 Å². The fourth-order valence-electron chi connectivity index (χ4n) is 1.84. The van der Waals surface area contributed by atoms with Gasteiger partial charge in [0.1, 0.15) is 12.1 Å². The molecule has 2 N–H and O–H groups in total. The van der Waals surface area contributed by atoms with Crippen LogP contribution in [-0.2, 0) is 9.59 Å². The van der Waals surface area contributed by atoms with Crippen molar-refractivity contribution in [2.45, 2.75) is 18.5 Å². The third-order valence-electron chi connectivity index (χ3n) is 2.73. The second-order valence-corrected chi connectivity index (χ2v) is 4.37. The number of nitrogens with one attached hydrogen (secondary N) is 2. The van der Waals surface area contributed by atoms with Crippen molar-refractivity contribution in [2.24, 2.45) is 0 Å². The molecule has 2 amide bonds. The van der Waals surface area contributed by atoms with Crippen LogP contribution in [0.3, 0.4) is 0 Å². The van der Waals surface area contributed by atoms with E-state index in [2.05, 4.69) is 23.3 Å². The molecule has 1 heterocycles. The Labute approximate surface area is 105 Å². The number of carbonyl (C=O) groups excluding carboxylic acids is 2. The molecule has 2 rings (SSSR count). The van der Waals surface area contributed by atoms with E-state index >= 15 is 0 Å². The molecule has 0 aromatic heterocycles. The highest BCUT2D eigenvalue weighted by molar-refractivity contribution is 7.80. The van der Waals surface area contributed by atoms with Crippen LogP contribution >= 0.6 is 12.6 Å². The predicted octanol–water partition coefficient (Wildman–Crippen LogP) is 0.662. The minimum Gasteiger partial charge on any atom is -0.342 e. The van der Waals surface area contributed by atoms with E-state index in [1.165, 1.54) is 0 Å². The maximum absolute atomic E-state index is 11.9. The van der Waals surface area contributed by atoms with Gasteiger partial charge in [-0.2, -0.15) is 12.6 Å². The Kier molecular flexibility index (Phi) is 3.68. The smallest absolute Gasteiger partial charge is 0.247 e. The molecule has 0 saturated carbocycles. The number of amides is 2. The first-order valence-corrected chi connectivity index (χ1v) is 6.12. The minimum atomic E-state index is -0.583. The second-order valence-electron chi connectivity index (χ2n) is 3.93. The Balaban J connectivity index is 2.13. The lowest BCUT2D eigenvalue weighted by Crippen LogP contribution is -2.57. The normalized spacial score (nSPS) is 24.1. The van der Waals surface area contributed by atoms with E-state index in [4.69, 9.17) is 0 Å². The van der Waals surface area contributed by atoms with E-state index < -0.39 is 12.1 Å². The standard InChI is InChI=1S/C12H14N2O2S/c15-11-9(6-7-17)13-12(16)10(14-11)8-4-2-1-3-5-8/h1-5,9-10,17H,6-7H2,(H,13,16)(H,14,15)/t9-,10+/m0/s1. The lowest BCUT2D eigenvalue weighted by Gasteiger charge is -2.29. The van der Waals surface area contributed by atoms with E-state index in [-0.39, 0.29) is 11.8 Å². The average Bonchev–Trinajstić information content (AvgIpc) is 2.35. The average molecular weight is 250 g/mol. The first kappa shape index (κ1) is 12.0. The molecule has 0 aliphatic carbocycles. The zero-order chi connectivity index (χ0) is 12.3. The number of carbonyl (C=O) groups is 2. The molecular formula is C12H14N2O2S. The topological polar surface area (TPSA) is 58.2 Å². The van der Waals surface area contributed by atoms with Gasteiger partial charge in [0.25, 0.3) is 0 Å². The summed E-state index contributed by atoms with van der Waals surface area (Å²) in [5.41, 5.74) is 0.794. The molecule has 1 fully saturated rings. The molecule has 2 atom stereocenters. The molecule has 1 aliphatic rings. The molecule has 5 heteroatoms. The van der Waals surface area contributed by atoms with Gasteiger partial charge in [-0.25, -0.2) is 0 Å². The van der Waals surface area contributed by atoms with Crippen LogP contribution in [0.25, 0.3) is 0 Å². The van der Waals surface area contributed by atoms with Gasteiger partial charge >= 0.3 is 0 Å². The van der Waals surface area contributed by atoms with Crippen molar-refractivity contribution in [3.05, 3.63) is 35.9 Å². The van der Waals surface area contributed by atoms with Gasteiger partial charge in [-0.05, 0) is 17.7 Å². The highest BCUT2D eigenvalue weighted by Crippen LogP contribution is 2.16. The SMILES string of the molecule is O=C1N[C@H](c2ccccc2)C(=O)N[C@H]1CCS. The minimum absolute atomic E-state index is 0.146. The van der Waals surface area contributed by atoms with Crippen LogP contribution in [0.4, 0.5) is 0 Å². The fraction of sp³-hybridized carbons (Fsp3) is 0.333.